The minimum atomic E-state index is 0.0111. The number of hydrogen-bond acceptors (Lipinski definition) is 6. The number of amides is 1. The van der Waals surface area contributed by atoms with Crippen molar-refractivity contribution in [3.8, 4) is 11.7 Å². The van der Waals surface area contributed by atoms with Gasteiger partial charge < -0.3 is 14.2 Å². The van der Waals surface area contributed by atoms with Crippen molar-refractivity contribution in [3.05, 3.63) is 54.1 Å². The lowest BCUT2D eigenvalue weighted by Gasteiger charge is -2.29. The molecule has 1 N–H and O–H groups in total. The number of furan rings is 1. The molecule has 0 atom stereocenters. The molecule has 0 unspecified atom stereocenters. The molecule has 0 radical (unpaired) electrons. The summed E-state index contributed by atoms with van der Waals surface area (Å²) in [5.41, 5.74) is 1.97. The molecule has 4 rings (SSSR count). The van der Waals surface area contributed by atoms with Crippen LogP contribution in [-0.2, 0) is 4.79 Å². The number of benzene rings is 1. The van der Waals surface area contributed by atoms with Crippen molar-refractivity contribution in [2.75, 3.05) is 25.0 Å². The van der Waals surface area contributed by atoms with Gasteiger partial charge in [-0.15, -0.1) is 10.2 Å². The van der Waals surface area contributed by atoms with Crippen molar-refractivity contribution in [2.45, 2.75) is 25.7 Å². The molecule has 1 aromatic carbocycles. The van der Waals surface area contributed by atoms with Crippen LogP contribution in [0.2, 0.25) is 0 Å². The number of carbonyl (C=O) groups excluding carboxylic acids is 1. The first kappa shape index (κ1) is 17.5. The normalized spacial score (nSPS) is 15.7. The van der Waals surface area contributed by atoms with Crippen LogP contribution in [0.3, 0.4) is 0 Å². The number of hydrogen-bond donors (Lipinski definition) is 1. The molecule has 7 heteroatoms. The van der Waals surface area contributed by atoms with E-state index >= 15 is 0 Å². The first-order valence-electron chi connectivity index (χ1n) is 9.13. The molecule has 1 fully saturated rings. The Kier molecular flexibility index (Phi) is 5.02. The number of anilines is 1. The molecule has 1 aliphatic rings. The Morgan fingerprint density at radius 2 is 2.07 bits per heavy atom. The molecule has 1 saturated heterocycles. The van der Waals surface area contributed by atoms with Gasteiger partial charge in [-0.25, -0.2) is 0 Å². The maximum absolute atomic E-state index is 12.3. The lowest BCUT2D eigenvalue weighted by atomic mass is 9.97. The third-order valence-electron chi connectivity index (χ3n) is 4.78. The van der Waals surface area contributed by atoms with Crippen LogP contribution in [0, 0.1) is 6.92 Å². The average molecular weight is 366 g/mol. The van der Waals surface area contributed by atoms with Gasteiger partial charge in [-0.1, -0.05) is 12.1 Å². The van der Waals surface area contributed by atoms with E-state index in [1.54, 1.807) is 18.4 Å². The van der Waals surface area contributed by atoms with Gasteiger partial charge in [0.25, 0.3) is 5.89 Å². The van der Waals surface area contributed by atoms with Gasteiger partial charge >= 0.3 is 0 Å². The molecule has 27 heavy (non-hydrogen) atoms. The Morgan fingerprint density at radius 1 is 1.22 bits per heavy atom. The van der Waals surface area contributed by atoms with Gasteiger partial charge in [-0.3, -0.25) is 9.69 Å². The number of aromatic nitrogens is 2. The molecule has 7 nitrogen and oxygen atoms in total. The van der Waals surface area contributed by atoms with Crippen molar-refractivity contribution in [2.24, 2.45) is 0 Å². The molecule has 3 aromatic rings. The van der Waals surface area contributed by atoms with Crippen molar-refractivity contribution in [1.29, 1.82) is 0 Å². The minimum Gasteiger partial charge on any atom is -0.459 e. The number of piperidine rings is 1. The third kappa shape index (κ3) is 4.25. The van der Waals surface area contributed by atoms with E-state index in [9.17, 15) is 4.79 Å². The Morgan fingerprint density at radius 3 is 2.81 bits per heavy atom. The maximum Gasteiger partial charge on any atom is 0.283 e. The lowest BCUT2D eigenvalue weighted by Crippen LogP contribution is -2.38. The van der Waals surface area contributed by atoms with Crippen LogP contribution in [0.4, 0.5) is 5.69 Å². The summed E-state index contributed by atoms with van der Waals surface area (Å²) in [6, 6.07) is 11.4. The predicted molar refractivity (Wildman–Crippen MR) is 100 cm³/mol. The predicted octanol–water partition coefficient (Wildman–Crippen LogP) is 3.46. The smallest absolute Gasteiger partial charge is 0.283 e. The van der Waals surface area contributed by atoms with Gasteiger partial charge in [0.2, 0.25) is 11.8 Å². The second-order valence-corrected chi connectivity index (χ2v) is 6.89. The minimum absolute atomic E-state index is 0.0111. The maximum atomic E-state index is 12.3. The van der Waals surface area contributed by atoms with Crippen LogP contribution in [-0.4, -0.2) is 40.6 Å². The summed E-state index contributed by atoms with van der Waals surface area (Å²) in [6.07, 6.45) is 3.36. The number of nitrogens with one attached hydrogen (secondary N) is 1. The molecular formula is C20H22N4O3. The van der Waals surface area contributed by atoms with Crippen molar-refractivity contribution in [1.82, 2.24) is 15.1 Å². The Labute approximate surface area is 157 Å². The zero-order chi connectivity index (χ0) is 18.6. The first-order valence-corrected chi connectivity index (χ1v) is 9.13. The number of rotatable bonds is 5. The summed E-state index contributed by atoms with van der Waals surface area (Å²) in [4.78, 5) is 14.4. The van der Waals surface area contributed by atoms with E-state index in [1.807, 2.05) is 31.2 Å². The Hall–Kier alpha value is -2.93. The Bertz CT molecular complexity index is 896. The highest BCUT2D eigenvalue weighted by Gasteiger charge is 2.26. The van der Waals surface area contributed by atoms with Gasteiger partial charge in [0.05, 0.1) is 12.8 Å². The van der Waals surface area contributed by atoms with Gasteiger partial charge in [0.15, 0.2) is 5.76 Å². The highest BCUT2D eigenvalue weighted by molar-refractivity contribution is 5.92. The second kappa shape index (κ2) is 7.75. The van der Waals surface area contributed by atoms with Crippen molar-refractivity contribution < 1.29 is 13.6 Å². The number of nitrogens with zero attached hydrogens (tertiary/aromatic N) is 3. The summed E-state index contributed by atoms with van der Waals surface area (Å²) >= 11 is 0. The second-order valence-electron chi connectivity index (χ2n) is 6.89. The highest BCUT2D eigenvalue weighted by atomic mass is 16.4. The molecular weight excluding hydrogens is 344 g/mol. The first-order chi connectivity index (χ1) is 13.2. The van der Waals surface area contributed by atoms with Crippen LogP contribution >= 0.6 is 0 Å². The van der Waals surface area contributed by atoms with Crippen molar-refractivity contribution >= 4 is 11.6 Å². The summed E-state index contributed by atoms with van der Waals surface area (Å²) in [6.45, 7) is 4.05. The number of carbonyl (C=O) groups is 1. The molecule has 140 valence electrons. The SMILES string of the molecule is Cc1cccc(NC(=O)CN2CCC(c3nnc(-c4ccco4)o3)CC2)c1. The van der Waals surface area contributed by atoms with Crippen molar-refractivity contribution in [3.63, 3.8) is 0 Å². The fourth-order valence-electron chi connectivity index (χ4n) is 3.36. The molecule has 0 spiro atoms. The lowest BCUT2D eigenvalue weighted by molar-refractivity contribution is -0.117. The summed E-state index contributed by atoms with van der Waals surface area (Å²) in [7, 11) is 0. The monoisotopic (exact) mass is 366 g/mol. The van der Waals surface area contributed by atoms with Crippen LogP contribution < -0.4 is 5.32 Å². The van der Waals surface area contributed by atoms with E-state index in [4.69, 9.17) is 8.83 Å². The quantitative estimate of drug-likeness (QED) is 0.744. The van der Waals surface area contributed by atoms with E-state index < -0.39 is 0 Å². The van der Waals surface area contributed by atoms with E-state index in [0.717, 1.165) is 37.2 Å². The summed E-state index contributed by atoms with van der Waals surface area (Å²) in [5.74, 6) is 1.87. The molecule has 3 heterocycles. The standard InChI is InChI=1S/C20H22N4O3/c1-14-4-2-5-16(12-14)21-18(25)13-24-9-7-15(8-10-24)19-22-23-20(27-19)17-6-3-11-26-17/h2-6,11-12,15H,7-10,13H2,1H3,(H,21,25). The summed E-state index contributed by atoms with van der Waals surface area (Å²) in [5, 5.41) is 11.2. The van der Waals surface area contributed by atoms with Gasteiger partial charge in [0.1, 0.15) is 0 Å². The zero-order valence-corrected chi connectivity index (χ0v) is 15.2. The number of likely N-dealkylation sites (tertiary alicyclic amines) is 1. The fourth-order valence-corrected chi connectivity index (χ4v) is 3.36. The van der Waals surface area contributed by atoms with Crippen LogP contribution in [0.15, 0.2) is 51.5 Å². The third-order valence-corrected chi connectivity index (χ3v) is 4.78. The zero-order valence-electron chi connectivity index (χ0n) is 15.2. The largest absolute Gasteiger partial charge is 0.459 e. The highest BCUT2D eigenvalue weighted by Crippen LogP contribution is 2.29. The average Bonchev–Trinajstić information content (AvgIpc) is 3.34. The van der Waals surface area contributed by atoms with Gasteiger partial charge in [0, 0.05) is 11.6 Å². The molecule has 0 aliphatic carbocycles. The van der Waals surface area contributed by atoms with E-state index in [1.165, 1.54) is 0 Å². The van der Waals surface area contributed by atoms with Gasteiger partial charge in [-0.2, -0.15) is 0 Å². The molecule has 1 aliphatic heterocycles. The van der Waals surface area contributed by atoms with E-state index in [-0.39, 0.29) is 11.8 Å². The molecule has 0 saturated carbocycles. The molecule has 1 amide bonds. The van der Waals surface area contributed by atoms with E-state index in [0.29, 0.717) is 24.1 Å². The number of aryl methyl sites for hydroxylation is 1. The van der Waals surface area contributed by atoms with E-state index in [2.05, 4.69) is 20.4 Å². The van der Waals surface area contributed by atoms with Crippen LogP contribution in [0.25, 0.3) is 11.7 Å². The molecule has 2 aromatic heterocycles. The fraction of sp³-hybridized carbons (Fsp3) is 0.350. The van der Waals surface area contributed by atoms with Crippen LogP contribution in [0.5, 0.6) is 0 Å². The summed E-state index contributed by atoms with van der Waals surface area (Å²) < 4.78 is 11.0. The molecule has 0 bridgehead atoms. The van der Waals surface area contributed by atoms with Gasteiger partial charge in [-0.05, 0) is 62.7 Å². The Balaban J connectivity index is 1.28. The topological polar surface area (TPSA) is 84.4 Å². The van der Waals surface area contributed by atoms with Crippen LogP contribution in [0.1, 0.15) is 30.2 Å².